The second-order valence-electron chi connectivity index (χ2n) is 8.04. The van der Waals surface area contributed by atoms with Gasteiger partial charge in [-0.1, -0.05) is 13.8 Å². The molecule has 0 aromatic carbocycles. The molecule has 1 N–H and O–H groups in total. The van der Waals surface area contributed by atoms with Gasteiger partial charge in [0.05, 0.1) is 5.39 Å². The van der Waals surface area contributed by atoms with E-state index >= 15 is 0 Å². The number of hydrogen-bond acceptors (Lipinski definition) is 6. The number of nitrogens with one attached hydrogen (secondary N) is 1. The van der Waals surface area contributed by atoms with Gasteiger partial charge in [-0.05, 0) is 44.6 Å². The van der Waals surface area contributed by atoms with Crippen LogP contribution in [-0.4, -0.2) is 48.7 Å². The molecule has 0 unspecified atom stereocenters. The quantitative estimate of drug-likeness (QED) is 0.680. The standard InChI is InChI=1S/C21H32N4O2S/c1-14(2)12-27-11-5-8-22-20(26)17-6-9-25(10-7-17)19-18-15(3)16(4)28-21(18)24-13-23-19/h13-14,17H,5-12H2,1-4H3,(H,22,26). The van der Waals surface area contributed by atoms with Gasteiger partial charge in [0.2, 0.25) is 5.91 Å². The number of carbonyl (C=O) groups is 1. The van der Waals surface area contributed by atoms with E-state index in [9.17, 15) is 4.79 Å². The van der Waals surface area contributed by atoms with Crippen LogP contribution in [0, 0.1) is 25.7 Å². The summed E-state index contributed by atoms with van der Waals surface area (Å²) >= 11 is 1.73. The van der Waals surface area contributed by atoms with Crippen molar-refractivity contribution in [3.8, 4) is 0 Å². The van der Waals surface area contributed by atoms with Crippen molar-refractivity contribution in [1.29, 1.82) is 0 Å². The highest BCUT2D eigenvalue weighted by atomic mass is 32.1. The van der Waals surface area contributed by atoms with Crippen LogP contribution >= 0.6 is 11.3 Å². The fraction of sp³-hybridized carbons (Fsp3) is 0.667. The molecule has 154 valence electrons. The normalized spacial score (nSPS) is 15.5. The summed E-state index contributed by atoms with van der Waals surface area (Å²) in [5.41, 5.74) is 1.27. The Hall–Kier alpha value is -1.73. The predicted molar refractivity (Wildman–Crippen MR) is 115 cm³/mol. The van der Waals surface area contributed by atoms with Crippen LogP contribution in [0.25, 0.3) is 10.2 Å². The van der Waals surface area contributed by atoms with Crippen molar-refractivity contribution in [3.05, 3.63) is 16.8 Å². The molecule has 0 saturated carbocycles. The van der Waals surface area contributed by atoms with Crippen LogP contribution in [0.4, 0.5) is 5.82 Å². The average Bonchev–Trinajstić information content (AvgIpc) is 2.98. The lowest BCUT2D eigenvalue weighted by molar-refractivity contribution is -0.125. The monoisotopic (exact) mass is 404 g/mol. The molecule has 1 aliphatic rings. The number of fused-ring (bicyclic) bond motifs is 1. The molecule has 0 bridgehead atoms. The first-order valence-corrected chi connectivity index (χ1v) is 11.1. The summed E-state index contributed by atoms with van der Waals surface area (Å²) in [6.07, 6.45) is 4.26. The minimum Gasteiger partial charge on any atom is -0.381 e. The van der Waals surface area contributed by atoms with Gasteiger partial charge in [0, 0.05) is 43.6 Å². The predicted octanol–water partition coefficient (Wildman–Crippen LogP) is 3.70. The number of aromatic nitrogens is 2. The Morgan fingerprint density at radius 2 is 2.07 bits per heavy atom. The zero-order valence-corrected chi connectivity index (χ0v) is 18.3. The Bertz CT molecular complexity index is 797. The van der Waals surface area contributed by atoms with Crippen LogP contribution in [0.2, 0.25) is 0 Å². The molecule has 1 amide bonds. The van der Waals surface area contributed by atoms with Crippen molar-refractivity contribution in [1.82, 2.24) is 15.3 Å². The molecule has 1 saturated heterocycles. The van der Waals surface area contributed by atoms with E-state index in [2.05, 4.69) is 47.9 Å². The van der Waals surface area contributed by atoms with Gasteiger partial charge in [0.25, 0.3) is 0 Å². The van der Waals surface area contributed by atoms with Gasteiger partial charge >= 0.3 is 0 Å². The molecule has 0 atom stereocenters. The molecule has 0 radical (unpaired) electrons. The average molecular weight is 405 g/mol. The van der Waals surface area contributed by atoms with Crippen LogP contribution in [0.3, 0.4) is 0 Å². The molecule has 3 heterocycles. The smallest absolute Gasteiger partial charge is 0.223 e. The number of ether oxygens (including phenoxy) is 1. The van der Waals surface area contributed by atoms with Gasteiger partial charge in [0.1, 0.15) is 17.0 Å². The van der Waals surface area contributed by atoms with E-state index in [0.717, 1.165) is 49.6 Å². The summed E-state index contributed by atoms with van der Waals surface area (Å²) in [7, 11) is 0. The third-order valence-corrected chi connectivity index (χ3v) is 6.44. The summed E-state index contributed by atoms with van der Waals surface area (Å²) in [5.74, 6) is 1.85. The Labute approximate surface area is 171 Å². The number of carbonyl (C=O) groups excluding carboxylic acids is 1. The highest BCUT2D eigenvalue weighted by Gasteiger charge is 2.27. The maximum atomic E-state index is 12.5. The molecule has 6 nitrogen and oxygen atoms in total. The topological polar surface area (TPSA) is 67.4 Å². The molecule has 0 spiro atoms. The first-order chi connectivity index (χ1) is 13.5. The fourth-order valence-electron chi connectivity index (χ4n) is 3.61. The van der Waals surface area contributed by atoms with Crippen LogP contribution < -0.4 is 10.2 Å². The molecule has 7 heteroatoms. The maximum absolute atomic E-state index is 12.5. The Kier molecular flexibility index (Phi) is 7.24. The van der Waals surface area contributed by atoms with E-state index in [0.29, 0.717) is 19.1 Å². The maximum Gasteiger partial charge on any atom is 0.223 e. The number of aryl methyl sites for hydroxylation is 2. The van der Waals surface area contributed by atoms with Gasteiger partial charge < -0.3 is 15.0 Å². The molecule has 28 heavy (non-hydrogen) atoms. The number of piperidine rings is 1. The molecular formula is C21H32N4O2S. The van der Waals surface area contributed by atoms with E-state index in [4.69, 9.17) is 4.74 Å². The van der Waals surface area contributed by atoms with Crippen molar-refractivity contribution in [3.63, 3.8) is 0 Å². The fourth-order valence-corrected chi connectivity index (χ4v) is 4.60. The number of anilines is 1. The van der Waals surface area contributed by atoms with Gasteiger partial charge in [-0.3, -0.25) is 4.79 Å². The molecule has 0 aliphatic carbocycles. The first kappa shape index (κ1) is 21.0. The van der Waals surface area contributed by atoms with Crippen molar-refractivity contribution in [2.45, 2.75) is 47.0 Å². The van der Waals surface area contributed by atoms with Crippen molar-refractivity contribution in [2.24, 2.45) is 11.8 Å². The number of nitrogens with zero attached hydrogens (tertiary/aromatic N) is 3. The highest BCUT2D eigenvalue weighted by molar-refractivity contribution is 7.18. The number of amides is 1. The minimum atomic E-state index is 0.0930. The van der Waals surface area contributed by atoms with E-state index in [1.165, 1.54) is 15.8 Å². The van der Waals surface area contributed by atoms with E-state index in [1.54, 1.807) is 17.7 Å². The van der Waals surface area contributed by atoms with Crippen LogP contribution in [0.5, 0.6) is 0 Å². The molecule has 2 aromatic rings. The van der Waals surface area contributed by atoms with Crippen molar-refractivity contribution >= 4 is 33.3 Å². The number of rotatable bonds is 8. The van der Waals surface area contributed by atoms with E-state index in [-0.39, 0.29) is 11.8 Å². The van der Waals surface area contributed by atoms with E-state index in [1.807, 2.05) is 0 Å². The zero-order chi connectivity index (χ0) is 20.1. The summed E-state index contributed by atoms with van der Waals surface area (Å²) in [6.45, 7) is 12.5. The summed E-state index contributed by atoms with van der Waals surface area (Å²) in [6, 6.07) is 0. The lowest BCUT2D eigenvalue weighted by Gasteiger charge is -2.32. The lowest BCUT2D eigenvalue weighted by atomic mass is 9.95. The first-order valence-electron chi connectivity index (χ1n) is 10.3. The lowest BCUT2D eigenvalue weighted by Crippen LogP contribution is -2.41. The second kappa shape index (κ2) is 9.65. The minimum absolute atomic E-state index is 0.0930. The molecular weight excluding hydrogens is 372 g/mol. The second-order valence-corrected chi connectivity index (χ2v) is 9.24. The van der Waals surface area contributed by atoms with Crippen LogP contribution in [0.1, 0.15) is 43.6 Å². The van der Waals surface area contributed by atoms with Gasteiger partial charge in [0.15, 0.2) is 0 Å². The number of hydrogen-bond donors (Lipinski definition) is 1. The summed E-state index contributed by atoms with van der Waals surface area (Å²) < 4.78 is 5.56. The van der Waals surface area contributed by atoms with Gasteiger partial charge in [-0.25, -0.2) is 9.97 Å². The summed E-state index contributed by atoms with van der Waals surface area (Å²) in [5, 5.41) is 4.25. The van der Waals surface area contributed by atoms with Crippen molar-refractivity contribution in [2.75, 3.05) is 37.7 Å². The number of thiophene rings is 1. The van der Waals surface area contributed by atoms with Crippen LogP contribution in [0.15, 0.2) is 6.33 Å². The van der Waals surface area contributed by atoms with Crippen LogP contribution in [-0.2, 0) is 9.53 Å². The van der Waals surface area contributed by atoms with E-state index < -0.39 is 0 Å². The largest absolute Gasteiger partial charge is 0.381 e. The molecule has 2 aromatic heterocycles. The SMILES string of the molecule is Cc1sc2ncnc(N3CCC(C(=O)NCCCOCC(C)C)CC3)c2c1C. The molecule has 1 fully saturated rings. The van der Waals surface area contributed by atoms with Crippen molar-refractivity contribution < 1.29 is 9.53 Å². The third kappa shape index (κ3) is 5.00. The Balaban J connectivity index is 1.48. The Morgan fingerprint density at radius 1 is 1.32 bits per heavy atom. The summed E-state index contributed by atoms with van der Waals surface area (Å²) in [4.78, 5) is 26.1. The Morgan fingerprint density at radius 3 is 2.79 bits per heavy atom. The molecule has 3 rings (SSSR count). The third-order valence-electron chi connectivity index (χ3n) is 5.33. The van der Waals surface area contributed by atoms with Gasteiger partial charge in [-0.15, -0.1) is 11.3 Å². The van der Waals surface area contributed by atoms with Gasteiger partial charge in [-0.2, -0.15) is 0 Å². The highest BCUT2D eigenvalue weighted by Crippen LogP contribution is 2.35. The zero-order valence-electron chi connectivity index (χ0n) is 17.5. The molecule has 1 aliphatic heterocycles.